The van der Waals surface area contributed by atoms with Gasteiger partial charge in [0.1, 0.15) is 10.8 Å². The monoisotopic (exact) mass is 328 g/mol. The zero-order chi connectivity index (χ0) is 15.2. The summed E-state index contributed by atoms with van der Waals surface area (Å²) in [4.78, 5) is -0.140. The first-order valence-electron chi connectivity index (χ1n) is 6.98. The third-order valence-corrected chi connectivity index (χ3v) is 6.27. The average Bonchev–Trinajstić information content (AvgIpc) is 3.00. The van der Waals surface area contributed by atoms with Crippen LogP contribution >= 0.6 is 12.2 Å². The van der Waals surface area contributed by atoms with Crippen LogP contribution in [0.3, 0.4) is 0 Å². The van der Waals surface area contributed by atoms with Crippen molar-refractivity contribution in [1.82, 2.24) is 4.72 Å². The molecule has 3 rings (SSSR count). The van der Waals surface area contributed by atoms with Gasteiger partial charge in [-0.2, -0.15) is 0 Å². The molecule has 0 radical (unpaired) electrons. The van der Waals surface area contributed by atoms with Crippen molar-refractivity contribution in [1.29, 1.82) is 0 Å². The Balaban J connectivity index is 1.85. The number of halogens is 1. The van der Waals surface area contributed by atoms with Crippen LogP contribution in [0.5, 0.6) is 0 Å². The van der Waals surface area contributed by atoms with Gasteiger partial charge in [-0.05, 0) is 49.3 Å². The number of hydrogen-bond acceptors (Lipinski definition) is 3. The van der Waals surface area contributed by atoms with Gasteiger partial charge in [-0.25, -0.2) is 17.5 Å². The van der Waals surface area contributed by atoms with E-state index in [0.717, 1.165) is 25.3 Å². The maximum atomic E-state index is 13.6. The fourth-order valence-electron chi connectivity index (χ4n) is 3.52. The number of fused-ring (bicyclic) bond motifs is 2. The fourth-order valence-corrected chi connectivity index (χ4v) is 5.02. The maximum absolute atomic E-state index is 13.6. The first-order valence-corrected chi connectivity index (χ1v) is 8.87. The molecule has 2 bridgehead atoms. The van der Waals surface area contributed by atoms with E-state index in [4.69, 9.17) is 18.0 Å². The van der Waals surface area contributed by atoms with Crippen LogP contribution in [0, 0.1) is 17.7 Å². The lowest BCUT2D eigenvalue weighted by atomic mass is 9.96. The van der Waals surface area contributed by atoms with E-state index in [0.29, 0.717) is 11.8 Å². The van der Waals surface area contributed by atoms with Crippen LogP contribution in [0.2, 0.25) is 0 Å². The van der Waals surface area contributed by atoms with Crippen LogP contribution in [0.15, 0.2) is 23.1 Å². The van der Waals surface area contributed by atoms with E-state index >= 15 is 0 Å². The molecule has 0 aromatic heterocycles. The highest BCUT2D eigenvalue weighted by Gasteiger charge is 2.41. The van der Waals surface area contributed by atoms with Crippen molar-refractivity contribution in [2.75, 3.05) is 0 Å². The summed E-state index contributed by atoms with van der Waals surface area (Å²) in [5.41, 5.74) is 5.38. The van der Waals surface area contributed by atoms with Gasteiger partial charge in [0.15, 0.2) is 0 Å². The van der Waals surface area contributed by atoms with Gasteiger partial charge in [0.05, 0.1) is 4.90 Å². The lowest BCUT2D eigenvalue weighted by Gasteiger charge is -2.22. The summed E-state index contributed by atoms with van der Waals surface area (Å²) >= 11 is 4.74. The molecule has 4 nitrogen and oxygen atoms in total. The van der Waals surface area contributed by atoms with Crippen molar-refractivity contribution < 1.29 is 12.8 Å². The van der Waals surface area contributed by atoms with Gasteiger partial charge < -0.3 is 5.73 Å². The smallest absolute Gasteiger partial charge is 0.240 e. The zero-order valence-corrected chi connectivity index (χ0v) is 13.0. The topological polar surface area (TPSA) is 72.2 Å². The van der Waals surface area contributed by atoms with Gasteiger partial charge in [0.25, 0.3) is 0 Å². The van der Waals surface area contributed by atoms with Gasteiger partial charge >= 0.3 is 0 Å². The second kappa shape index (κ2) is 5.30. The summed E-state index contributed by atoms with van der Waals surface area (Å²) in [6.45, 7) is 0. The van der Waals surface area contributed by atoms with E-state index in [9.17, 15) is 12.8 Å². The van der Waals surface area contributed by atoms with Crippen LogP contribution in [0.4, 0.5) is 4.39 Å². The predicted molar refractivity (Wildman–Crippen MR) is 81.8 cm³/mol. The number of rotatable bonds is 4. The van der Waals surface area contributed by atoms with Crippen LogP contribution in [0.25, 0.3) is 0 Å². The third kappa shape index (κ3) is 2.82. The molecule has 0 heterocycles. The number of thiocarbonyl (C=S) groups is 1. The number of nitrogens with one attached hydrogen (secondary N) is 1. The summed E-state index contributed by atoms with van der Waals surface area (Å²) in [6, 6.07) is 3.52. The second-order valence-corrected chi connectivity index (χ2v) is 8.06. The molecular formula is C14H17FN2O2S2. The molecule has 3 atom stereocenters. The average molecular weight is 328 g/mol. The molecule has 1 aromatic carbocycles. The highest BCUT2D eigenvalue weighted by Crippen LogP contribution is 2.44. The number of nitrogens with two attached hydrogens (primary N) is 1. The zero-order valence-electron chi connectivity index (χ0n) is 11.4. The minimum atomic E-state index is -3.67. The molecule has 21 heavy (non-hydrogen) atoms. The third-order valence-electron chi connectivity index (χ3n) is 4.56. The molecule has 3 N–H and O–H groups in total. The first kappa shape index (κ1) is 14.9. The Morgan fingerprint density at radius 3 is 2.67 bits per heavy atom. The molecule has 7 heteroatoms. The van der Waals surface area contributed by atoms with Gasteiger partial charge in [0, 0.05) is 11.6 Å². The molecule has 114 valence electrons. The Kier molecular flexibility index (Phi) is 3.75. The Labute approximate surface area is 129 Å². The van der Waals surface area contributed by atoms with Gasteiger partial charge in [-0.15, -0.1) is 0 Å². The number of sulfonamides is 1. The van der Waals surface area contributed by atoms with Crippen molar-refractivity contribution in [2.45, 2.75) is 36.6 Å². The quantitative estimate of drug-likeness (QED) is 0.829. The molecular weight excluding hydrogens is 311 g/mol. The molecule has 0 spiro atoms. The molecule has 3 unspecified atom stereocenters. The lowest BCUT2D eigenvalue weighted by molar-refractivity contribution is 0.390. The summed E-state index contributed by atoms with van der Waals surface area (Å²) in [7, 11) is -3.67. The Bertz CT molecular complexity index is 690. The molecule has 0 aliphatic heterocycles. The van der Waals surface area contributed by atoms with Gasteiger partial charge in [0.2, 0.25) is 10.0 Å². The molecule has 2 aliphatic rings. The molecule has 0 saturated heterocycles. The summed E-state index contributed by atoms with van der Waals surface area (Å²) in [5, 5.41) is 0. The van der Waals surface area contributed by atoms with E-state index in [1.165, 1.54) is 18.6 Å². The molecule has 2 aliphatic carbocycles. The van der Waals surface area contributed by atoms with Crippen molar-refractivity contribution in [3.05, 3.63) is 29.6 Å². The summed E-state index contributed by atoms with van der Waals surface area (Å²) in [6.07, 6.45) is 4.28. The van der Waals surface area contributed by atoms with Crippen LogP contribution < -0.4 is 10.5 Å². The van der Waals surface area contributed by atoms with Crippen molar-refractivity contribution in [2.24, 2.45) is 17.6 Å². The standard InChI is InChI=1S/C14H17FN2O2S2/c15-12-4-3-10(7-11(12)14(16)20)21(18,19)17-13-6-8-1-2-9(13)5-8/h3-4,7-9,13,17H,1-2,5-6H2,(H2,16,20). The number of hydrogen-bond donors (Lipinski definition) is 2. The van der Waals surface area contributed by atoms with Gasteiger partial charge in [-0.1, -0.05) is 18.6 Å². The van der Waals surface area contributed by atoms with Crippen molar-refractivity contribution in [3.63, 3.8) is 0 Å². The number of benzene rings is 1. The first-order chi connectivity index (χ1) is 9.87. The highest BCUT2D eigenvalue weighted by molar-refractivity contribution is 7.89. The minimum absolute atomic E-state index is 0.00733. The Morgan fingerprint density at radius 1 is 1.33 bits per heavy atom. The molecule has 1 aromatic rings. The van der Waals surface area contributed by atoms with Crippen LogP contribution in [0.1, 0.15) is 31.2 Å². The predicted octanol–water partition coefficient (Wildman–Crippen LogP) is 1.93. The highest BCUT2D eigenvalue weighted by atomic mass is 32.2. The van der Waals surface area contributed by atoms with E-state index in [1.54, 1.807) is 0 Å². The lowest BCUT2D eigenvalue weighted by Crippen LogP contribution is -2.38. The van der Waals surface area contributed by atoms with Crippen LogP contribution in [-0.4, -0.2) is 19.4 Å². The maximum Gasteiger partial charge on any atom is 0.240 e. The van der Waals surface area contributed by atoms with E-state index in [2.05, 4.69) is 4.72 Å². The molecule has 2 fully saturated rings. The van der Waals surface area contributed by atoms with E-state index < -0.39 is 15.8 Å². The largest absolute Gasteiger partial charge is 0.389 e. The van der Waals surface area contributed by atoms with Crippen molar-refractivity contribution in [3.8, 4) is 0 Å². The summed E-state index contributed by atoms with van der Waals surface area (Å²) < 4.78 is 41.2. The summed E-state index contributed by atoms with van der Waals surface area (Å²) in [5.74, 6) is 0.463. The SMILES string of the molecule is NC(=S)c1cc(S(=O)(=O)NC2CC3CCC2C3)ccc1F. The minimum Gasteiger partial charge on any atom is -0.389 e. The van der Waals surface area contributed by atoms with Gasteiger partial charge in [-0.3, -0.25) is 0 Å². The van der Waals surface area contributed by atoms with Crippen molar-refractivity contribution >= 4 is 27.2 Å². The second-order valence-electron chi connectivity index (χ2n) is 5.91. The fraction of sp³-hybridized carbons (Fsp3) is 0.500. The van der Waals surface area contributed by atoms with E-state index in [1.807, 2.05) is 0 Å². The Hall–Kier alpha value is -1.05. The van der Waals surface area contributed by atoms with Crippen LogP contribution in [-0.2, 0) is 10.0 Å². The molecule has 2 saturated carbocycles. The van der Waals surface area contributed by atoms with E-state index in [-0.39, 0.29) is 21.5 Å². The Morgan fingerprint density at radius 2 is 2.10 bits per heavy atom. The molecule has 0 amide bonds. The normalized spacial score (nSPS) is 28.0.